The first-order valence-electron chi connectivity index (χ1n) is 6.00. The Morgan fingerprint density at radius 1 is 1.05 bits per heavy atom. The highest BCUT2D eigenvalue weighted by Gasteiger charge is 2.33. The normalized spacial score (nSPS) is 11.8. The van der Waals surface area contributed by atoms with Crippen LogP contribution in [0.25, 0.3) is 10.2 Å². The van der Waals surface area contributed by atoms with Crippen LogP contribution in [0.3, 0.4) is 0 Å². The number of thiazole rings is 1. The summed E-state index contributed by atoms with van der Waals surface area (Å²) in [6.07, 6.45) is -4.47. The van der Waals surface area contributed by atoms with Gasteiger partial charge in [-0.1, -0.05) is 0 Å². The summed E-state index contributed by atoms with van der Waals surface area (Å²) in [5.41, 5.74) is 7.86. The highest BCUT2D eigenvalue weighted by atomic mass is 32.1. The van der Waals surface area contributed by atoms with Crippen molar-refractivity contribution in [1.29, 1.82) is 0 Å². The molecule has 3 N–H and O–H groups in total. The standard InChI is InChI=1S/C14H10F3N3S/c15-14(16,17)10-5-8(1-3-11(10)18)20-9-2-4-12-13(6-9)21-7-19-12/h1-7,20H,18H2. The minimum Gasteiger partial charge on any atom is -0.398 e. The van der Waals surface area contributed by atoms with Crippen molar-refractivity contribution < 1.29 is 13.2 Å². The molecule has 1 heterocycles. The highest BCUT2D eigenvalue weighted by Crippen LogP contribution is 2.36. The second-order valence-electron chi connectivity index (χ2n) is 4.46. The van der Waals surface area contributed by atoms with Gasteiger partial charge in [-0.15, -0.1) is 11.3 Å². The molecule has 0 fully saturated rings. The minimum absolute atomic E-state index is 0.286. The molecule has 2 aromatic carbocycles. The van der Waals surface area contributed by atoms with Gasteiger partial charge < -0.3 is 11.1 Å². The zero-order valence-corrected chi connectivity index (χ0v) is 11.4. The molecule has 108 valence electrons. The van der Waals surface area contributed by atoms with E-state index in [4.69, 9.17) is 5.73 Å². The Hall–Kier alpha value is -2.28. The first-order valence-corrected chi connectivity index (χ1v) is 6.88. The van der Waals surface area contributed by atoms with Crippen molar-refractivity contribution in [3.8, 4) is 0 Å². The predicted molar refractivity (Wildman–Crippen MR) is 78.8 cm³/mol. The Morgan fingerprint density at radius 3 is 2.52 bits per heavy atom. The lowest BCUT2D eigenvalue weighted by Crippen LogP contribution is -2.09. The van der Waals surface area contributed by atoms with Crippen molar-refractivity contribution in [1.82, 2.24) is 4.98 Å². The van der Waals surface area contributed by atoms with Gasteiger partial charge in [0, 0.05) is 17.1 Å². The fraction of sp³-hybridized carbons (Fsp3) is 0.0714. The summed E-state index contributed by atoms with van der Waals surface area (Å²) >= 11 is 1.47. The summed E-state index contributed by atoms with van der Waals surface area (Å²) in [5, 5.41) is 2.95. The lowest BCUT2D eigenvalue weighted by molar-refractivity contribution is -0.136. The van der Waals surface area contributed by atoms with Crippen LogP contribution in [0.15, 0.2) is 41.9 Å². The molecule has 0 atom stereocenters. The van der Waals surface area contributed by atoms with Crippen LogP contribution in [0.2, 0.25) is 0 Å². The van der Waals surface area contributed by atoms with Crippen LogP contribution in [0.4, 0.5) is 30.2 Å². The van der Waals surface area contributed by atoms with E-state index in [1.54, 1.807) is 11.6 Å². The number of nitrogens with zero attached hydrogens (tertiary/aromatic N) is 1. The van der Waals surface area contributed by atoms with E-state index in [-0.39, 0.29) is 5.69 Å². The van der Waals surface area contributed by atoms with E-state index < -0.39 is 11.7 Å². The topological polar surface area (TPSA) is 50.9 Å². The Balaban J connectivity index is 1.94. The van der Waals surface area contributed by atoms with E-state index in [0.717, 1.165) is 16.3 Å². The molecule has 3 rings (SSSR count). The highest BCUT2D eigenvalue weighted by molar-refractivity contribution is 7.16. The molecule has 0 saturated heterocycles. The maximum atomic E-state index is 12.8. The molecule has 0 aliphatic carbocycles. The molecule has 0 saturated carbocycles. The van der Waals surface area contributed by atoms with Gasteiger partial charge in [0.25, 0.3) is 0 Å². The molecular weight excluding hydrogens is 299 g/mol. The van der Waals surface area contributed by atoms with Gasteiger partial charge in [-0.3, -0.25) is 0 Å². The van der Waals surface area contributed by atoms with Crippen LogP contribution in [0.5, 0.6) is 0 Å². The Labute approximate surface area is 122 Å². The lowest BCUT2D eigenvalue weighted by Gasteiger charge is -2.13. The lowest BCUT2D eigenvalue weighted by atomic mass is 10.1. The number of anilines is 3. The quantitative estimate of drug-likeness (QED) is 0.678. The maximum absolute atomic E-state index is 12.8. The number of fused-ring (bicyclic) bond motifs is 1. The van der Waals surface area contributed by atoms with Crippen molar-refractivity contribution in [2.45, 2.75) is 6.18 Å². The van der Waals surface area contributed by atoms with E-state index in [2.05, 4.69) is 10.3 Å². The fourth-order valence-electron chi connectivity index (χ4n) is 1.98. The number of benzene rings is 2. The molecule has 0 radical (unpaired) electrons. The monoisotopic (exact) mass is 309 g/mol. The summed E-state index contributed by atoms with van der Waals surface area (Å²) < 4.78 is 39.4. The van der Waals surface area contributed by atoms with Crippen LogP contribution in [0.1, 0.15) is 5.56 Å². The number of nitrogens with one attached hydrogen (secondary N) is 1. The Kier molecular flexibility index (Phi) is 3.21. The van der Waals surface area contributed by atoms with Gasteiger partial charge in [0.15, 0.2) is 0 Å². The van der Waals surface area contributed by atoms with E-state index in [9.17, 15) is 13.2 Å². The van der Waals surface area contributed by atoms with Gasteiger partial charge >= 0.3 is 6.18 Å². The average molecular weight is 309 g/mol. The summed E-state index contributed by atoms with van der Waals surface area (Å²) in [5.74, 6) is 0. The van der Waals surface area contributed by atoms with Crippen LogP contribution in [-0.2, 0) is 6.18 Å². The van der Waals surface area contributed by atoms with Gasteiger partial charge in [0.2, 0.25) is 0 Å². The second kappa shape index (κ2) is 4.92. The summed E-state index contributed by atoms with van der Waals surface area (Å²) in [6.45, 7) is 0. The van der Waals surface area contributed by atoms with Gasteiger partial charge in [-0.05, 0) is 36.4 Å². The minimum atomic E-state index is -4.47. The SMILES string of the molecule is Nc1ccc(Nc2ccc3ncsc3c2)cc1C(F)(F)F. The number of halogens is 3. The van der Waals surface area contributed by atoms with Gasteiger partial charge in [-0.25, -0.2) is 4.98 Å². The number of rotatable bonds is 2. The van der Waals surface area contributed by atoms with Gasteiger partial charge in [0.05, 0.1) is 21.3 Å². The Morgan fingerprint density at radius 2 is 1.76 bits per heavy atom. The maximum Gasteiger partial charge on any atom is 0.418 e. The van der Waals surface area contributed by atoms with E-state index in [0.29, 0.717) is 11.4 Å². The Bertz CT molecular complexity index is 796. The smallest absolute Gasteiger partial charge is 0.398 e. The second-order valence-corrected chi connectivity index (χ2v) is 5.35. The van der Waals surface area contributed by atoms with Gasteiger partial charge in [0.1, 0.15) is 0 Å². The molecule has 0 aliphatic rings. The number of nitrogen functional groups attached to an aromatic ring is 1. The molecular formula is C14H10F3N3S. The first kappa shape index (κ1) is 13.7. The molecule has 0 aliphatic heterocycles. The zero-order valence-electron chi connectivity index (χ0n) is 10.6. The molecule has 0 unspecified atom stereocenters. The van der Waals surface area contributed by atoms with Crippen molar-refractivity contribution in [3.63, 3.8) is 0 Å². The zero-order chi connectivity index (χ0) is 15.0. The number of nitrogens with two attached hydrogens (primary N) is 1. The first-order chi connectivity index (χ1) is 9.93. The molecule has 3 nitrogen and oxygen atoms in total. The van der Waals surface area contributed by atoms with Crippen molar-refractivity contribution >= 4 is 38.6 Å². The van der Waals surface area contributed by atoms with E-state index >= 15 is 0 Å². The third-order valence-electron chi connectivity index (χ3n) is 2.98. The van der Waals surface area contributed by atoms with Crippen molar-refractivity contribution in [2.24, 2.45) is 0 Å². The third-order valence-corrected chi connectivity index (χ3v) is 3.77. The summed E-state index contributed by atoms with van der Waals surface area (Å²) in [6, 6.07) is 9.20. The number of alkyl halides is 3. The fourth-order valence-corrected chi connectivity index (χ4v) is 2.70. The van der Waals surface area contributed by atoms with Gasteiger partial charge in [-0.2, -0.15) is 13.2 Å². The van der Waals surface area contributed by atoms with Crippen molar-refractivity contribution in [2.75, 3.05) is 11.1 Å². The third kappa shape index (κ3) is 2.78. The van der Waals surface area contributed by atoms with Crippen LogP contribution in [0, 0.1) is 0 Å². The largest absolute Gasteiger partial charge is 0.418 e. The molecule has 0 spiro atoms. The van der Waals surface area contributed by atoms with Crippen LogP contribution >= 0.6 is 11.3 Å². The molecule has 0 bridgehead atoms. The number of hydrogen-bond donors (Lipinski definition) is 2. The molecule has 0 amide bonds. The molecule has 21 heavy (non-hydrogen) atoms. The van der Waals surface area contributed by atoms with Crippen LogP contribution in [-0.4, -0.2) is 4.98 Å². The average Bonchev–Trinajstić information content (AvgIpc) is 2.87. The molecule has 1 aromatic heterocycles. The van der Waals surface area contributed by atoms with Crippen molar-refractivity contribution in [3.05, 3.63) is 47.5 Å². The summed E-state index contributed by atoms with van der Waals surface area (Å²) in [4.78, 5) is 4.15. The van der Waals surface area contributed by atoms with E-state index in [1.165, 1.54) is 23.5 Å². The predicted octanol–water partition coefficient (Wildman–Crippen LogP) is 4.64. The van der Waals surface area contributed by atoms with Crippen LogP contribution < -0.4 is 11.1 Å². The summed E-state index contributed by atoms with van der Waals surface area (Å²) in [7, 11) is 0. The molecule has 7 heteroatoms. The number of aromatic nitrogens is 1. The molecule has 3 aromatic rings. The number of hydrogen-bond acceptors (Lipinski definition) is 4. The van der Waals surface area contributed by atoms with E-state index in [1.807, 2.05) is 12.1 Å².